The van der Waals surface area contributed by atoms with E-state index in [2.05, 4.69) is 12.2 Å². The summed E-state index contributed by atoms with van der Waals surface area (Å²) in [4.78, 5) is 0. The molecule has 102 valence electrons. The molecule has 2 rings (SSSR count). The van der Waals surface area contributed by atoms with E-state index < -0.39 is 6.10 Å². The lowest BCUT2D eigenvalue weighted by Crippen LogP contribution is -2.30. The van der Waals surface area contributed by atoms with Gasteiger partial charge in [-0.1, -0.05) is 30.3 Å². The van der Waals surface area contributed by atoms with Gasteiger partial charge in [-0.25, -0.2) is 0 Å². The van der Waals surface area contributed by atoms with Crippen molar-refractivity contribution in [3.63, 3.8) is 0 Å². The summed E-state index contributed by atoms with van der Waals surface area (Å²) in [7, 11) is 0. The number of hydrogen-bond donors (Lipinski definition) is 2. The largest absolute Gasteiger partial charge is 0.469 e. The van der Waals surface area contributed by atoms with Crippen molar-refractivity contribution in [3.8, 4) is 0 Å². The van der Waals surface area contributed by atoms with Crippen molar-refractivity contribution in [2.75, 3.05) is 6.54 Å². The highest BCUT2D eigenvalue weighted by Gasteiger charge is 2.09. The number of nitrogens with one attached hydrogen (secondary N) is 1. The molecule has 0 fully saturated rings. The van der Waals surface area contributed by atoms with E-state index in [-0.39, 0.29) is 0 Å². The van der Waals surface area contributed by atoms with E-state index in [0.717, 1.165) is 24.2 Å². The van der Waals surface area contributed by atoms with Gasteiger partial charge >= 0.3 is 0 Å². The lowest BCUT2D eigenvalue weighted by atomic mass is 10.1. The minimum atomic E-state index is -0.452. The average molecular weight is 259 g/mol. The predicted molar refractivity (Wildman–Crippen MR) is 75.9 cm³/mol. The first-order valence-electron chi connectivity index (χ1n) is 6.74. The van der Waals surface area contributed by atoms with Crippen LogP contribution in [0.4, 0.5) is 0 Å². The molecule has 3 heteroatoms. The number of aryl methyl sites for hydroxylation is 1. The highest BCUT2D eigenvalue weighted by atomic mass is 16.3. The van der Waals surface area contributed by atoms with Gasteiger partial charge in [-0.15, -0.1) is 0 Å². The Labute approximate surface area is 114 Å². The van der Waals surface area contributed by atoms with Gasteiger partial charge < -0.3 is 14.8 Å². The second kappa shape index (κ2) is 7.12. The van der Waals surface area contributed by atoms with Gasteiger partial charge in [0.15, 0.2) is 0 Å². The number of aliphatic hydroxyl groups excluding tert-OH is 1. The molecule has 0 spiro atoms. The molecular weight excluding hydrogens is 238 g/mol. The molecule has 0 aliphatic carbocycles. The lowest BCUT2D eigenvalue weighted by Gasteiger charge is -2.17. The number of benzene rings is 1. The molecule has 2 N–H and O–H groups in total. The first-order chi connectivity index (χ1) is 9.25. The maximum Gasteiger partial charge on any atom is 0.103 e. The molecule has 0 saturated carbocycles. The van der Waals surface area contributed by atoms with Gasteiger partial charge in [-0.2, -0.15) is 0 Å². The molecule has 0 saturated heterocycles. The summed E-state index contributed by atoms with van der Waals surface area (Å²) in [5.41, 5.74) is 0.952. The summed E-state index contributed by atoms with van der Waals surface area (Å²) >= 11 is 0. The van der Waals surface area contributed by atoms with E-state index in [0.29, 0.717) is 12.6 Å². The van der Waals surface area contributed by atoms with E-state index in [1.54, 1.807) is 6.26 Å². The number of furan rings is 1. The smallest absolute Gasteiger partial charge is 0.103 e. The normalized spacial score (nSPS) is 14.2. The van der Waals surface area contributed by atoms with Crippen LogP contribution in [0.2, 0.25) is 0 Å². The summed E-state index contributed by atoms with van der Waals surface area (Å²) in [6.45, 7) is 2.70. The van der Waals surface area contributed by atoms with Crippen LogP contribution in [0.5, 0.6) is 0 Å². The van der Waals surface area contributed by atoms with Crippen molar-refractivity contribution >= 4 is 0 Å². The van der Waals surface area contributed by atoms with Crippen molar-refractivity contribution < 1.29 is 9.52 Å². The summed E-state index contributed by atoms with van der Waals surface area (Å²) in [6, 6.07) is 14.0. The third-order valence-electron chi connectivity index (χ3n) is 3.25. The summed E-state index contributed by atoms with van der Waals surface area (Å²) in [5, 5.41) is 13.4. The Morgan fingerprint density at radius 3 is 2.63 bits per heavy atom. The molecule has 1 aromatic carbocycles. The van der Waals surface area contributed by atoms with Crippen molar-refractivity contribution in [2.24, 2.45) is 0 Å². The standard InChI is InChI=1S/C16H21NO2/c1-13(9-10-15-8-5-11-19-15)17-12-16(18)14-6-3-2-4-7-14/h2-8,11,13,16-18H,9-10,12H2,1H3. The van der Waals surface area contributed by atoms with E-state index >= 15 is 0 Å². The van der Waals surface area contributed by atoms with Crippen LogP contribution in [0.3, 0.4) is 0 Å². The third-order valence-corrected chi connectivity index (χ3v) is 3.25. The Balaban J connectivity index is 1.70. The average Bonchev–Trinajstić information content (AvgIpc) is 2.96. The summed E-state index contributed by atoms with van der Waals surface area (Å²) < 4.78 is 5.30. The SMILES string of the molecule is CC(CCc1ccco1)NCC(O)c1ccccc1. The topological polar surface area (TPSA) is 45.4 Å². The van der Waals surface area contributed by atoms with Gasteiger partial charge in [0.25, 0.3) is 0 Å². The molecule has 19 heavy (non-hydrogen) atoms. The summed E-state index contributed by atoms with van der Waals surface area (Å²) in [6.07, 6.45) is 3.16. The van der Waals surface area contributed by atoms with Crippen LogP contribution in [-0.2, 0) is 6.42 Å². The molecule has 2 atom stereocenters. The quantitative estimate of drug-likeness (QED) is 0.803. The zero-order valence-corrected chi connectivity index (χ0v) is 11.3. The Morgan fingerprint density at radius 1 is 1.16 bits per heavy atom. The molecule has 3 nitrogen and oxygen atoms in total. The van der Waals surface area contributed by atoms with Gasteiger partial charge in [0.1, 0.15) is 5.76 Å². The second-order valence-electron chi connectivity index (χ2n) is 4.85. The van der Waals surface area contributed by atoms with Crippen LogP contribution in [0.1, 0.15) is 30.8 Å². The Bertz CT molecular complexity index is 453. The Hall–Kier alpha value is -1.58. The first-order valence-corrected chi connectivity index (χ1v) is 6.74. The van der Waals surface area contributed by atoms with Gasteiger partial charge in [0.05, 0.1) is 12.4 Å². The van der Waals surface area contributed by atoms with Crippen LogP contribution < -0.4 is 5.32 Å². The van der Waals surface area contributed by atoms with E-state index in [1.807, 2.05) is 42.5 Å². The zero-order chi connectivity index (χ0) is 13.5. The molecule has 0 radical (unpaired) electrons. The third kappa shape index (κ3) is 4.54. The lowest BCUT2D eigenvalue weighted by molar-refractivity contribution is 0.170. The van der Waals surface area contributed by atoms with Crippen LogP contribution >= 0.6 is 0 Å². The van der Waals surface area contributed by atoms with E-state index in [9.17, 15) is 5.11 Å². The first kappa shape index (κ1) is 13.8. The van der Waals surface area contributed by atoms with E-state index in [4.69, 9.17) is 4.42 Å². The van der Waals surface area contributed by atoms with Crippen molar-refractivity contribution in [1.29, 1.82) is 0 Å². The number of rotatable bonds is 7. The van der Waals surface area contributed by atoms with Crippen molar-refractivity contribution in [2.45, 2.75) is 31.9 Å². The van der Waals surface area contributed by atoms with Gasteiger partial charge in [0, 0.05) is 19.0 Å². The van der Waals surface area contributed by atoms with Gasteiger partial charge in [-0.3, -0.25) is 0 Å². The number of aliphatic hydroxyl groups is 1. The molecule has 0 amide bonds. The highest BCUT2D eigenvalue weighted by molar-refractivity contribution is 5.17. The second-order valence-corrected chi connectivity index (χ2v) is 4.85. The molecule has 2 aromatic rings. The fourth-order valence-electron chi connectivity index (χ4n) is 2.02. The maximum absolute atomic E-state index is 10.0. The molecule has 2 unspecified atom stereocenters. The molecule has 0 bridgehead atoms. The molecule has 0 aliphatic rings. The Kier molecular flexibility index (Phi) is 5.19. The summed E-state index contributed by atoms with van der Waals surface area (Å²) in [5.74, 6) is 1.01. The van der Waals surface area contributed by atoms with Crippen LogP contribution in [0.25, 0.3) is 0 Å². The van der Waals surface area contributed by atoms with Gasteiger partial charge in [-0.05, 0) is 31.0 Å². The molecule has 1 heterocycles. The minimum absolute atomic E-state index is 0.350. The maximum atomic E-state index is 10.0. The fraction of sp³-hybridized carbons (Fsp3) is 0.375. The predicted octanol–water partition coefficient (Wildman–Crippen LogP) is 2.92. The zero-order valence-electron chi connectivity index (χ0n) is 11.3. The van der Waals surface area contributed by atoms with Crippen molar-refractivity contribution in [3.05, 3.63) is 60.1 Å². The minimum Gasteiger partial charge on any atom is -0.469 e. The van der Waals surface area contributed by atoms with Crippen LogP contribution in [0.15, 0.2) is 53.1 Å². The monoisotopic (exact) mass is 259 g/mol. The molecule has 1 aromatic heterocycles. The molecule has 0 aliphatic heterocycles. The van der Waals surface area contributed by atoms with Crippen molar-refractivity contribution in [1.82, 2.24) is 5.32 Å². The van der Waals surface area contributed by atoms with E-state index in [1.165, 1.54) is 0 Å². The highest BCUT2D eigenvalue weighted by Crippen LogP contribution is 2.11. The molecular formula is C16H21NO2. The van der Waals surface area contributed by atoms with Gasteiger partial charge in [0.2, 0.25) is 0 Å². The fourth-order valence-corrected chi connectivity index (χ4v) is 2.02. The Morgan fingerprint density at radius 2 is 1.95 bits per heavy atom. The van der Waals surface area contributed by atoms with Crippen LogP contribution in [-0.4, -0.2) is 17.7 Å². The van der Waals surface area contributed by atoms with Crippen LogP contribution in [0, 0.1) is 0 Å². The number of hydrogen-bond acceptors (Lipinski definition) is 3.